The first-order chi connectivity index (χ1) is 13.0. The largest absolute Gasteiger partial charge is 0.388 e. The number of aromatic nitrogens is 4. The molecule has 2 aliphatic heterocycles. The van der Waals surface area contributed by atoms with Crippen LogP contribution in [0.15, 0.2) is 43.0 Å². The zero-order chi connectivity index (χ0) is 18.6. The smallest absolute Gasteiger partial charge is 0.274 e. The van der Waals surface area contributed by atoms with Gasteiger partial charge in [0.2, 0.25) is 0 Å². The number of aryl methyl sites for hydroxylation is 1. The van der Waals surface area contributed by atoms with E-state index in [1.807, 2.05) is 30.4 Å². The van der Waals surface area contributed by atoms with E-state index >= 15 is 0 Å². The van der Waals surface area contributed by atoms with Crippen LogP contribution < -0.4 is 0 Å². The molecule has 7 nitrogen and oxygen atoms in total. The highest BCUT2D eigenvalue weighted by Crippen LogP contribution is 2.42. The molecule has 3 aromatic rings. The average Bonchev–Trinajstić information content (AvgIpc) is 3.32. The Balaban J connectivity index is 1.38. The highest BCUT2D eigenvalue weighted by Gasteiger charge is 2.49. The van der Waals surface area contributed by atoms with Crippen molar-refractivity contribution in [2.75, 3.05) is 0 Å². The van der Waals surface area contributed by atoms with Gasteiger partial charge in [-0.05, 0) is 43.9 Å². The first-order valence-electron chi connectivity index (χ1n) is 9.46. The van der Waals surface area contributed by atoms with Crippen molar-refractivity contribution in [3.05, 3.63) is 48.7 Å². The number of carbonyl (C=O) groups is 1. The molecule has 2 bridgehead atoms. The van der Waals surface area contributed by atoms with Crippen molar-refractivity contribution in [1.82, 2.24) is 24.2 Å². The monoisotopic (exact) mass is 365 g/mol. The molecule has 2 atom stereocenters. The summed E-state index contributed by atoms with van der Waals surface area (Å²) in [6.45, 7) is 0.529. The van der Waals surface area contributed by atoms with Crippen LogP contribution in [0.2, 0.25) is 0 Å². The van der Waals surface area contributed by atoms with Crippen molar-refractivity contribution in [1.29, 1.82) is 0 Å². The molecule has 140 valence electrons. The minimum absolute atomic E-state index is 0.0132. The lowest BCUT2D eigenvalue weighted by Crippen LogP contribution is -2.54. The molecule has 0 unspecified atom stereocenters. The quantitative estimate of drug-likeness (QED) is 0.770. The fourth-order valence-electron chi connectivity index (χ4n) is 4.93. The molecule has 5 rings (SSSR count). The maximum absolute atomic E-state index is 12.9. The summed E-state index contributed by atoms with van der Waals surface area (Å²) in [5.74, 6) is -0.0132. The molecule has 0 aromatic carbocycles. The standard InChI is InChI=1S/C20H23N5O2/c1-23-8-6-17(22-23)19(26)25-15-2-3-16(25)11-20(27,10-15)13-24-9-5-14-4-7-21-12-18(14)24/h4-9,12,15-16,27H,2-3,10-11,13H2,1H3/t15-,16-/m0/s1. The van der Waals surface area contributed by atoms with Crippen molar-refractivity contribution in [3.8, 4) is 0 Å². The van der Waals surface area contributed by atoms with Gasteiger partial charge in [0, 0.05) is 43.1 Å². The first-order valence-corrected chi connectivity index (χ1v) is 9.46. The lowest BCUT2D eigenvalue weighted by Gasteiger charge is -2.43. The van der Waals surface area contributed by atoms with E-state index in [2.05, 4.69) is 20.7 Å². The van der Waals surface area contributed by atoms with E-state index in [0.29, 0.717) is 25.1 Å². The zero-order valence-corrected chi connectivity index (χ0v) is 15.3. The van der Waals surface area contributed by atoms with Crippen LogP contribution in [-0.2, 0) is 13.6 Å². The molecule has 2 fully saturated rings. The summed E-state index contributed by atoms with van der Waals surface area (Å²) in [5.41, 5.74) is 0.710. The van der Waals surface area contributed by atoms with Crippen LogP contribution in [0.3, 0.4) is 0 Å². The molecule has 3 aromatic heterocycles. The number of pyridine rings is 1. The van der Waals surface area contributed by atoms with E-state index in [-0.39, 0.29) is 18.0 Å². The van der Waals surface area contributed by atoms with Crippen LogP contribution in [0.5, 0.6) is 0 Å². The van der Waals surface area contributed by atoms with Gasteiger partial charge in [0.15, 0.2) is 0 Å². The Kier molecular flexibility index (Phi) is 3.62. The van der Waals surface area contributed by atoms with Crippen molar-refractivity contribution >= 4 is 16.8 Å². The predicted molar refractivity (Wildman–Crippen MR) is 100 cm³/mol. The Morgan fingerprint density at radius 3 is 2.70 bits per heavy atom. The summed E-state index contributed by atoms with van der Waals surface area (Å²) in [7, 11) is 1.82. The molecule has 0 aliphatic carbocycles. The maximum Gasteiger partial charge on any atom is 0.274 e. The Morgan fingerprint density at radius 2 is 2.00 bits per heavy atom. The number of amides is 1. The SMILES string of the molecule is Cn1ccc(C(=O)N2[C@H]3CC[C@H]2CC(O)(Cn2ccc4ccncc42)C3)n1. The Hall–Kier alpha value is -2.67. The number of aliphatic hydroxyl groups is 1. The van der Waals surface area contributed by atoms with Gasteiger partial charge in [0.1, 0.15) is 5.69 Å². The highest BCUT2D eigenvalue weighted by atomic mass is 16.3. The number of hydrogen-bond donors (Lipinski definition) is 1. The first kappa shape index (κ1) is 16.5. The van der Waals surface area contributed by atoms with Crippen molar-refractivity contribution < 1.29 is 9.90 Å². The van der Waals surface area contributed by atoms with Gasteiger partial charge in [-0.2, -0.15) is 5.10 Å². The average molecular weight is 365 g/mol. The highest BCUT2D eigenvalue weighted by molar-refractivity contribution is 5.93. The Morgan fingerprint density at radius 1 is 1.22 bits per heavy atom. The van der Waals surface area contributed by atoms with E-state index in [1.165, 1.54) is 0 Å². The Labute approximate surface area is 157 Å². The second kappa shape index (κ2) is 5.92. The van der Waals surface area contributed by atoms with E-state index in [4.69, 9.17) is 0 Å². The summed E-state index contributed by atoms with van der Waals surface area (Å²) in [5, 5.41) is 16.7. The van der Waals surface area contributed by atoms with E-state index in [9.17, 15) is 9.90 Å². The normalized spacial score (nSPS) is 27.4. The van der Waals surface area contributed by atoms with Gasteiger partial charge >= 0.3 is 0 Å². The summed E-state index contributed by atoms with van der Waals surface area (Å²) >= 11 is 0. The molecular weight excluding hydrogens is 342 g/mol. The number of fused-ring (bicyclic) bond motifs is 3. The molecule has 5 heterocycles. The van der Waals surface area contributed by atoms with Crippen molar-refractivity contribution in [3.63, 3.8) is 0 Å². The van der Waals surface area contributed by atoms with Crippen molar-refractivity contribution in [2.24, 2.45) is 7.05 Å². The number of rotatable bonds is 3. The summed E-state index contributed by atoms with van der Waals surface area (Å²) in [6, 6.07) is 5.94. The molecule has 1 amide bonds. The molecule has 27 heavy (non-hydrogen) atoms. The molecule has 2 saturated heterocycles. The van der Waals surface area contributed by atoms with Crippen LogP contribution in [0, 0.1) is 0 Å². The number of nitrogens with zero attached hydrogens (tertiary/aromatic N) is 5. The van der Waals surface area contributed by atoms with Gasteiger partial charge in [-0.3, -0.25) is 14.5 Å². The number of carbonyl (C=O) groups excluding carboxylic acids is 1. The summed E-state index contributed by atoms with van der Waals surface area (Å²) in [4.78, 5) is 19.1. The zero-order valence-electron chi connectivity index (χ0n) is 15.3. The van der Waals surface area contributed by atoms with Gasteiger partial charge < -0.3 is 14.6 Å². The molecule has 1 N–H and O–H groups in total. The molecule has 0 spiro atoms. The van der Waals surface area contributed by atoms with Crippen LogP contribution >= 0.6 is 0 Å². The van der Waals surface area contributed by atoms with Gasteiger partial charge in [-0.25, -0.2) is 0 Å². The molecule has 0 radical (unpaired) electrons. The van der Waals surface area contributed by atoms with Crippen LogP contribution in [0.1, 0.15) is 36.2 Å². The third-order valence-electron chi connectivity index (χ3n) is 6.06. The van der Waals surface area contributed by atoms with Crippen LogP contribution in [-0.4, -0.2) is 52.9 Å². The lowest BCUT2D eigenvalue weighted by molar-refractivity contribution is -0.0534. The molecule has 0 saturated carbocycles. The number of hydrogen-bond acceptors (Lipinski definition) is 4. The van der Waals surface area contributed by atoms with Gasteiger partial charge in [-0.1, -0.05) is 0 Å². The maximum atomic E-state index is 12.9. The molecule has 2 aliphatic rings. The summed E-state index contributed by atoms with van der Waals surface area (Å²) < 4.78 is 3.73. The topological polar surface area (TPSA) is 76.2 Å². The lowest BCUT2D eigenvalue weighted by atomic mass is 9.85. The number of piperidine rings is 1. The summed E-state index contributed by atoms with van der Waals surface area (Å²) in [6.07, 6.45) is 10.5. The van der Waals surface area contributed by atoms with E-state index in [0.717, 1.165) is 23.7 Å². The van der Waals surface area contributed by atoms with Gasteiger partial charge in [0.25, 0.3) is 5.91 Å². The predicted octanol–water partition coefficient (Wildman–Crippen LogP) is 1.97. The minimum Gasteiger partial charge on any atom is -0.388 e. The third kappa shape index (κ3) is 2.73. The fourth-order valence-corrected chi connectivity index (χ4v) is 4.93. The van der Waals surface area contributed by atoms with Crippen LogP contribution in [0.4, 0.5) is 0 Å². The third-order valence-corrected chi connectivity index (χ3v) is 6.06. The van der Waals surface area contributed by atoms with Crippen LogP contribution in [0.25, 0.3) is 10.9 Å². The van der Waals surface area contributed by atoms with E-state index in [1.54, 1.807) is 23.1 Å². The van der Waals surface area contributed by atoms with E-state index < -0.39 is 5.60 Å². The second-order valence-electron chi connectivity index (χ2n) is 7.98. The minimum atomic E-state index is -0.811. The van der Waals surface area contributed by atoms with Gasteiger partial charge in [-0.15, -0.1) is 0 Å². The second-order valence-corrected chi connectivity index (χ2v) is 7.98. The van der Waals surface area contributed by atoms with Gasteiger partial charge in [0.05, 0.1) is 23.9 Å². The fraction of sp³-hybridized carbons (Fsp3) is 0.450. The van der Waals surface area contributed by atoms with Crippen molar-refractivity contribution in [2.45, 2.75) is 49.9 Å². The molecular formula is C20H23N5O2. The Bertz CT molecular complexity index is 993. The molecule has 7 heteroatoms.